The van der Waals surface area contributed by atoms with Crippen LogP contribution in [0, 0.1) is 0 Å². The average Bonchev–Trinajstić information content (AvgIpc) is 3.45. The Kier molecular flexibility index (Phi) is 4.71. The molecule has 4 aromatic rings. The van der Waals surface area contributed by atoms with Gasteiger partial charge in [0.1, 0.15) is 5.82 Å². The highest BCUT2D eigenvalue weighted by atomic mass is 15.2. The fraction of sp³-hybridized carbons (Fsp3) is 0.240. The molecule has 1 aliphatic heterocycles. The van der Waals surface area contributed by atoms with Gasteiger partial charge in [-0.1, -0.05) is 30.4 Å². The highest BCUT2D eigenvalue weighted by Crippen LogP contribution is 2.32. The first-order chi connectivity index (χ1) is 15.8. The van der Waals surface area contributed by atoms with E-state index in [-0.39, 0.29) is 0 Å². The molecule has 32 heavy (non-hydrogen) atoms. The predicted molar refractivity (Wildman–Crippen MR) is 129 cm³/mol. The van der Waals surface area contributed by atoms with E-state index in [0.29, 0.717) is 12.1 Å². The summed E-state index contributed by atoms with van der Waals surface area (Å²) in [5, 5.41) is 7.13. The maximum Gasteiger partial charge on any atom is 0.202 e. The summed E-state index contributed by atoms with van der Waals surface area (Å²) in [6, 6.07) is 17.4. The number of benzene rings is 1. The van der Waals surface area contributed by atoms with Crippen LogP contribution in [0.4, 0.5) is 23.1 Å². The minimum absolute atomic E-state index is 0.379. The number of H-pyrrole nitrogens is 1. The Balaban J connectivity index is 1.08. The van der Waals surface area contributed by atoms with Gasteiger partial charge in [-0.3, -0.25) is 0 Å². The lowest BCUT2D eigenvalue weighted by molar-refractivity contribution is 0.718. The van der Waals surface area contributed by atoms with Gasteiger partial charge in [0.25, 0.3) is 0 Å². The summed E-state index contributed by atoms with van der Waals surface area (Å²) in [5.74, 6) is 1.72. The largest absolute Gasteiger partial charge is 0.367 e. The van der Waals surface area contributed by atoms with Gasteiger partial charge in [0.05, 0.1) is 17.4 Å². The van der Waals surface area contributed by atoms with Crippen molar-refractivity contribution in [1.82, 2.24) is 19.9 Å². The minimum atomic E-state index is 0.379. The summed E-state index contributed by atoms with van der Waals surface area (Å²) in [4.78, 5) is 19.1. The molecule has 0 amide bonds. The summed E-state index contributed by atoms with van der Waals surface area (Å²) >= 11 is 0. The van der Waals surface area contributed by atoms with E-state index in [1.165, 1.54) is 11.3 Å². The fourth-order valence-electron chi connectivity index (χ4n) is 4.69. The molecule has 3 N–H and O–H groups in total. The number of nitrogens with one attached hydrogen (secondary N) is 3. The van der Waals surface area contributed by atoms with Gasteiger partial charge in [0.15, 0.2) is 5.65 Å². The summed E-state index contributed by atoms with van der Waals surface area (Å²) in [6.07, 6.45) is 11.3. The molecule has 6 rings (SSSR count). The maximum atomic E-state index is 4.70. The van der Waals surface area contributed by atoms with Crippen molar-refractivity contribution in [1.29, 1.82) is 0 Å². The summed E-state index contributed by atoms with van der Waals surface area (Å²) < 4.78 is 0. The quantitative estimate of drug-likeness (QED) is 0.421. The van der Waals surface area contributed by atoms with Crippen molar-refractivity contribution in [3.63, 3.8) is 0 Å². The molecule has 1 aromatic carbocycles. The minimum Gasteiger partial charge on any atom is -0.367 e. The number of aromatic amines is 1. The molecule has 3 aromatic heterocycles. The Morgan fingerprint density at radius 3 is 2.72 bits per heavy atom. The number of imidazole rings is 1. The van der Waals surface area contributed by atoms with Crippen LogP contribution in [0.1, 0.15) is 24.8 Å². The third kappa shape index (κ3) is 3.66. The highest BCUT2D eigenvalue weighted by molar-refractivity contribution is 5.77. The molecule has 2 aliphatic rings. The predicted octanol–water partition coefficient (Wildman–Crippen LogP) is 4.96. The maximum absolute atomic E-state index is 4.70. The summed E-state index contributed by atoms with van der Waals surface area (Å²) in [6.45, 7) is 0.860. The molecule has 0 bridgehead atoms. The van der Waals surface area contributed by atoms with E-state index < -0.39 is 0 Å². The molecular formula is C25H25N7. The first-order valence-corrected chi connectivity index (χ1v) is 11.1. The van der Waals surface area contributed by atoms with Crippen LogP contribution in [0.25, 0.3) is 17.2 Å². The first kappa shape index (κ1) is 18.9. The van der Waals surface area contributed by atoms with Crippen LogP contribution >= 0.6 is 0 Å². The Labute approximate surface area is 186 Å². The third-order valence-electron chi connectivity index (χ3n) is 6.26. The fourth-order valence-corrected chi connectivity index (χ4v) is 4.69. The van der Waals surface area contributed by atoms with Crippen LogP contribution in [-0.2, 0) is 0 Å². The normalized spacial score (nSPS) is 19.8. The smallest absolute Gasteiger partial charge is 0.202 e. The topological polar surface area (TPSA) is 81.8 Å². The van der Waals surface area contributed by atoms with Crippen LogP contribution in [0.5, 0.6) is 0 Å². The molecule has 7 heteroatoms. The number of nitrogens with zero attached hydrogens (tertiary/aromatic N) is 4. The van der Waals surface area contributed by atoms with Crippen LogP contribution < -0.4 is 15.5 Å². The molecule has 160 valence electrons. The standard InChI is InChI=1S/C25H25N7/c1-2-8-22-17(5-1)6-4-14-32(22)20-11-12-23(27-16-20)28-18-9-10-19(15-18)29-25-30-21-7-3-13-26-24(21)31-25/h1-8,11-13,16,18-19H,9-10,14-15H2,(H,27,28)(H2,26,29,30,31)/t18-,19-/m0/s1. The average molecular weight is 424 g/mol. The number of anilines is 4. The summed E-state index contributed by atoms with van der Waals surface area (Å²) in [7, 11) is 0. The zero-order chi connectivity index (χ0) is 21.3. The van der Waals surface area contributed by atoms with Gasteiger partial charge in [0, 0.05) is 30.5 Å². The van der Waals surface area contributed by atoms with Gasteiger partial charge in [-0.2, -0.15) is 4.98 Å². The van der Waals surface area contributed by atoms with Crippen LogP contribution in [0.15, 0.2) is 67.0 Å². The number of hydrogen-bond donors (Lipinski definition) is 3. The highest BCUT2D eigenvalue weighted by Gasteiger charge is 2.25. The number of para-hydroxylation sites is 1. The molecule has 0 radical (unpaired) electrons. The molecule has 1 fully saturated rings. The van der Waals surface area contributed by atoms with E-state index in [1.54, 1.807) is 6.20 Å². The Hall–Kier alpha value is -3.87. The second kappa shape index (κ2) is 8.00. The zero-order valence-corrected chi connectivity index (χ0v) is 17.7. The first-order valence-electron chi connectivity index (χ1n) is 11.1. The van der Waals surface area contributed by atoms with Gasteiger partial charge in [-0.05, 0) is 55.2 Å². The van der Waals surface area contributed by atoms with Crippen molar-refractivity contribution >= 4 is 40.4 Å². The van der Waals surface area contributed by atoms with Crippen molar-refractivity contribution in [2.45, 2.75) is 31.3 Å². The molecule has 0 spiro atoms. The van der Waals surface area contributed by atoms with Crippen LogP contribution in [-0.4, -0.2) is 38.6 Å². The second-order valence-corrected chi connectivity index (χ2v) is 8.43. The lowest BCUT2D eigenvalue weighted by Gasteiger charge is -2.28. The van der Waals surface area contributed by atoms with Gasteiger partial charge < -0.3 is 20.5 Å². The molecule has 2 atom stereocenters. The lowest BCUT2D eigenvalue weighted by atomic mass is 10.1. The SMILES string of the molecule is C1=Cc2ccccc2N(c2ccc(N[C@H]3CC[C@H](Nc4nc5ncccc5[nH]4)C3)nc2)C1. The van der Waals surface area contributed by atoms with Crippen LogP contribution in [0.3, 0.4) is 0 Å². The number of hydrogen-bond acceptors (Lipinski definition) is 6. The van der Waals surface area contributed by atoms with E-state index in [2.05, 4.69) is 79.0 Å². The van der Waals surface area contributed by atoms with Crippen molar-refractivity contribution in [3.8, 4) is 0 Å². The van der Waals surface area contributed by atoms with E-state index in [9.17, 15) is 0 Å². The van der Waals surface area contributed by atoms with Crippen molar-refractivity contribution in [2.75, 3.05) is 22.1 Å². The van der Waals surface area contributed by atoms with E-state index in [4.69, 9.17) is 4.98 Å². The van der Waals surface area contributed by atoms with E-state index >= 15 is 0 Å². The lowest BCUT2D eigenvalue weighted by Crippen LogP contribution is -2.22. The molecular weight excluding hydrogens is 398 g/mol. The van der Waals surface area contributed by atoms with Crippen LogP contribution in [0.2, 0.25) is 0 Å². The molecule has 1 aliphatic carbocycles. The van der Waals surface area contributed by atoms with E-state index in [1.807, 2.05) is 18.3 Å². The number of aromatic nitrogens is 4. The van der Waals surface area contributed by atoms with Crippen molar-refractivity contribution in [3.05, 3.63) is 72.6 Å². The molecule has 1 saturated carbocycles. The second-order valence-electron chi connectivity index (χ2n) is 8.43. The van der Waals surface area contributed by atoms with Crippen molar-refractivity contribution in [2.24, 2.45) is 0 Å². The molecule has 7 nitrogen and oxygen atoms in total. The number of pyridine rings is 2. The Morgan fingerprint density at radius 1 is 0.938 bits per heavy atom. The Morgan fingerprint density at radius 2 is 1.84 bits per heavy atom. The van der Waals surface area contributed by atoms with Gasteiger partial charge in [-0.15, -0.1) is 0 Å². The number of rotatable bonds is 5. The third-order valence-corrected chi connectivity index (χ3v) is 6.26. The van der Waals surface area contributed by atoms with Gasteiger partial charge >= 0.3 is 0 Å². The molecule has 0 saturated heterocycles. The van der Waals surface area contributed by atoms with Gasteiger partial charge in [-0.25, -0.2) is 9.97 Å². The molecule has 0 unspecified atom stereocenters. The summed E-state index contributed by atoms with van der Waals surface area (Å²) in [5.41, 5.74) is 5.28. The van der Waals surface area contributed by atoms with Crippen molar-refractivity contribution < 1.29 is 0 Å². The number of fused-ring (bicyclic) bond motifs is 2. The monoisotopic (exact) mass is 423 g/mol. The molecule has 4 heterocycles. The van der Waals surface area contributed by atoms with E-state index in [0.717, 1.165) is 54.4 Å². The van der Waals surface area contributed by atoms with Gasteiger partial charge in [0.2, 0.25) is 5.95 Å². The Bertz CT molecular complexity index is 1230. The zero-order valence-electron chi connectivity index (χ0n) is 17.7.